The van der Waals surface area contributed by atoms with Gasteiger partial charge in [0.1, 0.15) is 0 Å². The molecule has 0 aliphatic rings. The Morgan fingerprint density at radius 2 is 2.17 bits per heavy atom. The number of carbonyl (C=O) groups excluding carboxylic acids is 1. The first-order valence-corrected chi connectivity index (χ1v) is 3.78. The summed E-state index contributed by atoms with van der Waals surface area (Å²) in [7, 11) is 0. The summed E-state index contributed by atoms with van der Waals surface area (Å²) < 4.78 is 1.52. The van der Waals surface area contributed by atoms with Crippen molar-refractivity contribution in [2.24, 2.45) is 0 Å². The van der Waals surface area contributed by atoms with Gasteiger partial charge in [-0.3, -0.25) is 9.36 Å². The van der Waals surface area contributed by atoms with Gasteiger partial charge >= 0.3 is 0 Å². The molecule has 0 saturated carbocycles. The van der Waals surface area contributed by atoms with Crippen LogP contribution < -0.4 is 0 Å². The number of hydrogen-bond donors (Lipinski definition) is 0. The molecule has 0 aliphatic heterocycles. The molecule has 0 atom stereocenters. The third-order valence-corrected chi connectivity index (χ3v) is 1.84. The first-order valence-electron chi connectivity index (χ1n) is 3.78. The molecular formula is C10H8NO. The number of rotatable bonds is 0. The summed E-state index contributed by atoms with van der Waals surface area (Å²) in [6, 6.07) is 9.55. The van der Waals surface area contributed by atoms with Crippen molar-refractivity contribution in [2.45, 2.75) is 6.92 Å². The van der Waals surface area contributed by atoms with E-state index in [4.69, 9.17) is 0 Å². The average molecular weight is 158 g/mol. The van der Waals surface area contributed by atoms with Crippen LogP contribution in [0.15, 0.2) is 30.3 Å². The maximum absolute atomic E-state index is 11.1. The van der Waals surface area contributed by atoms with E-state index in [0.29, 0.717) is 0 Å². The summed E-state index contributed by atoms with van der Waals surface area (Å²) in [6.45, 7) is 1.53. The minimum atomic E-state index is -0.00352. The number of hydrogen-bond acceptors (Lipinski definition) is 1. The lowest BCUT2D eigenvalue weighted by atomic mass is 10.2. The summed E-state index contributed by atoms with van der Waals surface area (Å²) in [6.07, 6.45) is 2.88. The molecule has 0 spiro atoms. The van der Waals surface area contributed by atoms with Crippen LogP contribution >= 0.6 is 0 Å². The smallest absolute Gasteiger partial charge is 0.228 e. The maximum Gasteiger partial charge on any atom is 0.228 e. The van der Waals surface area contributed by atoms with Gasteiger partial charge in [0.15, 0.2) is 0 Å². The quantitative estimate of drug-likeness (QED) is 0.575. The van der Waals surface area contributed by atoms with Crippen molar-refractivity contribution in [3.05, 3.63) is 36.5 Å². The van der Waals surface area contributed by atoms with Crippen LogP contribution in [0.1, 0.15) is 11.7 Å². The van der Waals surface area contributed by atoms with E-state index in [1.165, 1.54) is 11.5 Å². The van der Waals surface area contributed by atoms with Crippen LogP contribution in [0.3, 0.4) is 0 Å². The van der Waals surface area contributed by atoms with Crippen LogP contribution in [0, 0.1) is 6.20 Å². The van der Waals surface area contributed by atoms with Crippen LogP contribution in [-0.4, -0.2) is 10.5 Å². The molecule has 12 heavy (non-hydrogen) atoms. The van der Waals surface area contributed by atoms with Crippen molar-refractivity contribution in [1.29, 1.82) is 0 Å². The number of fused-ring (bicyclic) bond motifs is 1. The van der Waals surface area contributed by atoms with E-state index in [1.54, 1.807) is 0 Å². The highest BCUT2D eigenvalue weighted by molar-refractivity contribution is 5.91. The van der Waals surface area contributed by atoms with E-state index in [1.807, 2.05) is 30.3 Å². The highest BCUT2D eigenvalue weighted by atomic mass is 16.1. The Kier molecular flexibility index (Phi) is 1.47. The molecule has 1 radical (unpaired) electrons. The van der Waals surface area contributed by atoms with Gasteiger partial charge in [-0.15, -0.1) is 0 Å². The predicted molar refractivity (Wildman–Crippen MR) is 47.1 cm³/mol. The summed E-state index contributed by atoms with van der Waals surface area (Å²) in [5.41, 5.74) is 0.921. The molecule has 0 saturated heterocycles. The molecule has 1 aromatic heterocycles. The fourth-order valence-corrected chi connectivity index (χ4v) is 1.28. The molecule has 0 bridgehead atoms. The molecule has 59 valence electrons. The molecule has 2 rings (SSSR count). The van der Waals surface area contributed by atoms with E-state index in [0.717, 1.165) is 10.9 Å². The van der Waals surface area contributed by atoms with Gasteiger partial charge in [0.25, 0.3) is 0 Å². The molecular weight excluding hydrogens is 150 g/mol. The SMILES string of the molecule is CC(=O)n1[c]cc2ccccc21. The topological polar surface area (TPSA) is 22.0 Å². The van der Waals surface area contributed by atoms with Gasteiger partial charge in [-0.05, 0) is 12.1 Å². The van der Waals surface area contributed by atoms with Crippen LogP contribution in [0.5, 0.6) is 0 Å². The third-order valence-electron chi connectivity index (χ3n) is 1.84. The van der Waals surface area contributed by atoms with Gasteiger partial charge in [-0.1, -0.05) is 18.2 Å². The molecule has 0 amide bonds. The van der Waals surface area contributed by atoms with E-state index in [9.17, 15) is 4.79 Å². The molecule has 0 fully saturated rings. The van der Waals surface area contributed by atoms with Gasteiger partial charge in [0.2, 0.25) is 5.91 Å². The highest BCUT2D eigenvalue weighted by Gasteiger charge is 2.02. The minimum Gasteiger partial charge on any atom is -0.279 e. The van der Waals surface area contributed by atoms with E-state index < -0.39 is 0 Å². The predicted octanol–water partition coefficient (Wildman–Crippen LogP) is 2.10. The van der Waals surface area contributed by atoms with Gasteiger partial charge in [0.05, 0.1) is 11.7 Å². The largest absolute Gasteiger partial charge is 0.279 e. The van der Waals surface area contributed by atoms with E-state index in [2.05, 4.69) is 6.20 Å². The molecule has 2 heteroatoms. The van der Waals surface area contributed by atoms with Crippen LogP contribution in [0.25, 0.3) is 10.9 Å². The zero-order valence-corrected chi connectivity index (χ0v) is 6.74. The van der Waals surface area contributed by atoms with Crippen molar-refractivity contribution < 1.29 is 4.79 Å². The number of para-hydroxylation sites is 1. The van der Waals surface area contributed by atoms with E-state index in [-0.39, 0.29) is 5.91 Å². The van der Waals surface area contributed by atoms with Crippen LogP contribution in [0.2, 0.25) is 0 Å². The van der Waals surface area contributed by atoms with Crippen molar-refractivity contribution in [2.75, 3.05) is 0 Å². The van der Waals surface area contributed by atoms with Gasteiger partial charge in [-0.2, -0.15) is 0 Å². The lowest BCUT2D eigenvalue weighted by Gasteiger charge is -1.96. The van der Waals surface area contributed by atoms with Crippen molar-refractivity contribution >= 4 is 16.8 Å². The van der Waals surface area contributed by atoms with Crippen molar-refractivity contribution in [3.63, 3.8) is 0 Å². The molecule has 0 aliphatic carbocycles. The summed E-state index contributed by atoms with van der Waals surface area (Å²) in [4.78, 5) is 11.1. The molecule has 2 nitrogen and oxygen atoms in total. The summed E-state index contributed by atoms with van der Waals surface area (Å²) in [5.74, 6) is -0.00352. The monoisotopic (exact) mass is 158 g/mol. The van der Waals surface area contributed by atoms with E-state index >= 15 is 0 Å². The number of benzene rings is 1. The highest BCUT2D eigenvalue weighted by Crippen LogP contribution is 2.13. The Bertz CT molecular complexity index is 428. The second-order valence-corrected chi connectivity index (χ2v) is 2.69. The molecule has 0 N–H and O–H groups in total. The van der Waals surface area contributed by atoms with Crippen LogP contribution in [0.4, 0.5) is 0 Å². The Balaban J connectivity index is 2.79. The third kappa shape index (κ3) is 0.925. The van der Waals surface area contributed by atoms with Crippen LogP contribution in [-0.2, 0) is 0 Å². The normalized spacial score (nSPS) is 10.4. The molecule has 1 heterocycles. The van der Waals surface area contributed by atoms with Gasteiger partial charge in [-0.25, -0.2) is 0 Å². The minimum absolute atomic E-state index is 0.00352. The second-order valence-electron chi connectivity index (χ2n) is 2.69. The van der Waals surface area contributed by atoms with Gasteiger partial charge in [0, 0.05) is 12.3 Å². The first-order chi connectivity index (χ1) is 5.79. The maximum atomic E-state index is 11.1. The molecule has 2 aromatic rings. The van der Waals surface area contributed by atoms with Crippen molar-refractivity contribution in [1.82, 2.24) is 4.57 Å². The number of aromatic nitrogens is 1. The number of carbonyl (C=O) groups is 1. The molecule has 1 aromatic carbocycles. The molecule has 0 unspecified atom stereocenters. The average Bonchev–Trinajstić information content (AvgIpc) is 2.47. The lowest BCUT2D eigenvalue weighted by Crippen LogP contribution is -2.02. The lowest BCUT2D eigenvalue weighted by molar-refractivity contribution is 0.0941. The van der Waals surface area contributed by atoms with Crippen molar-refractivity contribution in [3.8, 4) is 0 Å². The standard InChI is InChI=1S/C10H8NO/c1-8(12)11-7-6-9-4-2-3-5-10(9)11/h2-6H,1H3. The first kappa shape index (κ1) is 7.10. The summed E-state index contributed by atoms with van der Waals surface area (Å²) >= 11 is 0. The number of nitrogens with zero attached hydrogens (tertiary/aromatic N) is 1. The zero-order valence-electron chi connectivity index (χ0n) is 6.74. The zero-order chi connectivity index (χ0) is 8.55. The second kappa shape index (κ2) is 2.48. The summed E-state index contributed by atoms with van der Waals surface area (Å²) in [5, 5.41) is 1.05. The Morgan fingerprint density at radius 1 is 1.42 bits per heavy atom. The van der Waals surface area contributed by atoms with Gasteiger partial charge < -0.3 is 0 Å². The Labute approximate surface area is 70.4 Å². The Hall–Kier alpha value is -1.57. The Morgan fingerprint density at radius 3 is 2.92 bits per heavy atom. The fourth-order valence-electron chi connectivity index (χ4n) is 1.28. The fraction of sp³-hybridized carbons (Fsp3) is 0.100.